The molecule has 74 valence electrons. The largest absolute Gasteiger partial charge is 0.361 e. The van der Waals surface area contributed by atoms with Gasteiger partial charge in [-0.15, -0.1) is 0 Å². The molecule has 0 aliphatic rings. The fraction of sp³-hybridized carbons (Fsp3) is 0.444. The van der Waals surface area contributed by atoms with E-state index in [0.717, 1.165) is 0 Å². The van der Waals surface area contributed by atoms with Crippen molar-refractivity contribution < 1.29 is 9.32 Å². The first-order valence-corrected chi connectivity index (χ1v) is 4.21. The first-order valence-electron chi connectivity index (χ1n) is 4.21. The zero-order valence-electron chi connectivity index (χ0n) is 8.15. The van der Waals surface area contributed by atoms with Crippen LogP contribution in [0, 0.1) is 18.3 Å². The number of nitriles is 1. The van der Waals surface area contributed by atoms with Crippen molar-refractivity contribution in [1.82, 2.24) is 10.1 Å². The van der Waals surface area contributed by atoms with Crippen molar-refractivity contribution in [1.29, 1.82) is 5.26 Å². The summed E-state index contributed by atoms with van der Waals surface area (Å²) in [5.41, 5.74) is 0.280. The zero-order valence-corrected chi connectivity index (χ0v) is 8.15. The molecule has 0 atom stereocenters. The Morgan fingerprint density at radius 3 is 3.00 bits per heavy atom. The molecule has 0 N–H and O–H groups in total. The number of aryl methyl sites for hydroxylation is 1. The smallest absolute Gasteiger partial charge is 0.275 e. The highest BCUT2D eigenvalue weighted by Gasteiger charge is 2.14. The summed E-state index contributed by atoms with van der Waals surface area (Å²) in [6.45, 7) is 2.13. The first-order chi connectivity index (χ1) is 6.65. The molecule has 0 bridgehead atoms. The summed E-state index contributed by atoms with van der Waals surface area (Å²) in [6.07, 6.45) is 0.319. The van der Waals surface area contributed by atoms with E-state index in [2.05, 4.69) is 5.16 Å². The second kappa shape index (κ2) is 4.42. The van der Waals surface area contributed by atoms with E-state index >= 15 is 0 Å². The summed E-state index contributed by atoms with van der Waals surface area (Å²) >= 11 is 0. The van der Waals surface area contributed by atoms with Crippen molar-refractivity contribution in [2.24, 2.45) is 0 Å². The van der Waals surface area contributed by atoms with Crippen molar-refractivity contribution in [3.63, 3.8) is 0 Å². The van der Waals surface area contributed by atoms with Crippen molar-refractivity contribution in [3.05, 3.63) is 17.5 Å². The monoisotopic (exact) mass is 193 g/mol. The van der Waals surface area contributed by atoms with Crippen molar-refractivity contribution in [2.75, 3.05) is 13.6 Å². The second-order valence-corrected chi connectivity index (χ2v) is 2.96. The summed E-state index contributed by atoms with van der Waals surface area (Å²) in [4.78, 5) is 13.0. The van der Waals surface area contributed by atoms with Gasteiger partial charge in [0.15, 0.2) is 5.69 Å². The standard InChI is InChI=1S/C9H11N3O2/c1-7-6-8(11-14-7)9(13)12(2)5-3-4-10/h6H,3,5H2,1-2H3. The Morgan fingerprint density at radius 2 is 2.50 bits per heavy atom. The molecule has 0 aromatic carbocycles. The maximum absolute atomic E-state index is 11.6. The molecule has 1 aromatic heterocycles. The number of amides is 1. The lowest BCUT2D eigenvalue weighted by Crippen LogP contribution is -2.27. The number of carbonyl (C=O) groups is 1. The Morgan fingerprint density at radius 1 is 1.79 bits per heavy atom. The van der Waals surface area contributed by atoms with Gasteiger partial charge in [0.05, 0.1) is 12.5 Å². The van der Waals surface area contributed by atoms with Crippen LogP contribution in [0.3, 0.4) is 0 Å². The number of carbonyl (C=O) groups excluding carboxylic acids is 1. The van der Waals surface area contributed by atoms with Gasteiger partial charge in [-0.05, 0) is 6.92 Å². The molecule has 1 amide bonds. The van der Waals surface area contributed by atoms with E-state index in [1.54, 1.807) is 20.0 Å². The minimum absolute atomic E-state index is 0.225. The minimum atomic E-state index is -0.225. The summed E-state index contributed by atoms with van der Waals surface area (Å²) in [7, 11) is 1.63. The molecule has 0 aliphatic heterocycles. The van der Waals surface area contributed by atoms with Gasteiger partial charge >= 0.3 is 0 Å². The third-order valence-corrected chi connectivity index (χ3v) is 1.75. The average Bonchev–Trinajstić information content (AvgIpc) is 2.60. The van der Waals surface area contributed by atoms with Gasteiger partial charge in [-0.1, -0.05) is 5.16 Å². The van der Waals surface area contributed by atoms with Gasteiger partial charge < -0.3 is 9.42 Å². The van der Waals surface area contributed by atoms with Crippen LogP contribution < -0.4 is 0 Å². The maximum Gasteiger partial charge on any atom is 0.275 e. The Labute approximate surface area is 81.9 Å². The van der Waals surface area contributed by atoms with Crippen LogP contribution in [0.5, 0.6) is 0 Å². The Kier molecular flexibility index (Phi) is 3.24. The fourth-order valence-electron chi connectivity index (χ4n) is 0.982. The van der Waals surface area contributed by atoms with E-state index in [4.69, 9.17) is 9.78 Å². The predicted molar refractivity (Wildman–Crippen MR) is 48.4 cm³/mol. The molecular weight excluding hydrogens is 182 g/mol. The molecule has 0 radical (unpaired) electrons. The van der Waals surface area contributed by atoms with Crippen LogP contribution in [0.2, 0.25) is 0 Å². The molecule has 1 heterocycles. The lowest BCUT2D eigenvalue weighted by Gasteiger charge is -2.12. The van der Waals surface area contributed by atoms with Gasteiger partial charge in [-0.2, -0.15) is 5.26 Å². The zero-order chi connectivity index (χ0) is 10.6. The molecule has 5 nitrogen and oxygen atoms in total. The third-order valence-electron chi connectivity index (χ3n) is 1.75. The highest BCUT2D eigenvalue weighted by Crippen LogP contribution is 2.04. The normalized spacial score (nSPS) is 9.50. The molecule has 0 spiro atoms. The summed E-state index contributed by atoms with van der Waals surface area (Å²) < 4.78 is 4.78. The molecule has 0 saturated heterocycles. The van der Waals surface area contributed by atoms with E-state index < -0.39 is 0 Å². The predicted octanol–water partition coefficient (Wildman–Crippen LogP) is 0.969. The highest BCUT2D eigenvalue weighted by atomic mass is 16.5. The van der Waals surface area contributed by atoms with Crippen LogP contribution in [0.15, 0.2) is 10.6 Å². The Bertz CT molecular complexity index is 364. The van der Waals surface area contributed by atoms with Gasteiger partial charge in [-0.3, -0.25) is 4.79 Å². The van der Waals surface area contributed by atoms with Crippen molar-refractivity contribution >= 4 is 5.91 Å². The Hall–Kier alpha value is -1.83. The van der Waals surface area contributed by atoms with Crippen LogP contribution in [0.4, 0.5) is 0 Å². The van der Waals surface area contributed by atoms with E-state index in [9.17, 15) is 4.79 Å². The number of nitrogens with zero attached hydrogens (tertiary/aromatic N) is 3. The molecule has 0 saturated carbocycles. The lowest BCUT2D eigenvalue weighted by molar-refractivity contribution is 0.0787. The third kappa shape index (κ3) is 2.33. The molecule has 0 unspecified atom stereocenters. The molecule has 0 aliphatic carbocycles. The summed E-state index contributed by atoms with van der Waals surface area (Å²) in [5, 5.41) is 11.9. The van der Waals surface area contributed by atoms with Crippen LogP contribution >= 0.6 is 0 Å². The molecule has 14 heavy (non-hydrogen) atoms. The van der Waals surface area contributed by atoms with Gasteiger partial charge in [0.1, 0.15) is 5.76 Å². The Balaban J connectivity index is 2.62. The van der Waals surface area contributed by atoms with Gasteiger partial charge in [-0.25, -0.2) is 0 Å². The molecular formula is C9H11N3O2. The highest BCUT2D eigenvalue weighted by molar-refractivity contribution is 5.92. The molecule has 0 fully saturated rings. The quantitative estimate of drug-likeness (QED) is 0.717. The number of hydrogen-bond donors (Lipinski definition) is 0. The van der Waals surface area contributed by atoms with Crippen LogP contribution in [0.25, 0.3) is 0 Å². The van der Waals surface area contributed by atoms with Crippen molar-refractivity contribution in [3.8, 4) is 6.07 Å². The number of hydrogen-bond acceptors (Lipinski definition) is 4. The summed E-state index contributed by atoms with van der Waals surface area (Å²) in [5.74, 6) is 0.374. The average molecular weight is 193 g/mol. The molecule has 1 rings (SSSR count). The maximum atomic E-state index is 11.6. The number of rotatable bonds is 3. The second-order valence-electron chi connectivity index (χ2n) is 2.96. The molecule has 1 aromatic rings. The van der Waals surface area contributed by atoms with Gasteiger partial charge in [0.25, 0.3) is 5.91 Å². The van der Waals surface area contributed by atoms with E-state index in [1.807, 2.05) is 6.07 Å². The molecule has 5 heteroatoms. The van der Waals surface area contributed by atoms with Crippen LogP contribution in [-0.4, -0.2) is 29.6 Å². The topological polar surface area (TPSA) is 70.1 Å². The summed E-state index contributed by atoms with van der Waals surface area (Å²) in [6, 6.07) is 3.55. The minimum Gasteiger partial charge on any atom is -0.361 e. The van der Waals surface area contributed by atoms with Gasteiger partial charge in [0.2, 0.25) is 0 Å². The van der Waals surface area contributed by atoms with Crippen LogP contribution in [-0.2, 0) is 0 Å². The van der Waals surface area contributed by atoms with E-state index in [0.29, 0.717) is 18.7 Å². The SMILES string of the molecule is Cc1cc(C(=O)N(C)CCC#N)no1. The van der Waals surface area contributed by atoms with Crippen LogP contribution in [0.1, 0.15) is 22.7 Å². The van der Waals surface area contributed by atoms with E-state index in [1.165, 1.54) is 4.90 Å². The number of aromatic nitrogens is 1. The van der Waals surface area contributed by atoms with Crippen molar-refractivity contribution in [2.45, 2.75) is 13.3 Å². The van der Waals surface area contributed by atoms with E-state index in [-0.39, 0.29) is 11.6 Å². The van der Waals surface area contributed by atoms with Gasteiger partial charge in [0, 0.05) is 19.7 Å². The fourth-order valence-corrected chi connectivity index (χ4v) is 0.982. The first kappa shape index (κ1) is 10.3. The lowest BCUT2D eigenvalue weighted by atomic mass is 10.3.